The van der Waals surface area contributed by atoms with Gasteiger partial charge >= 0.3 is 0 Å². The van der Waals surface area contributed by atoms with Crippen LogP contribution in [0.25, 0.3) is 0 Å². The Morgan fingerprint density at radius 3 is 1.85 bits per heavy atom. The highest BCUT2D eigenvalue weighted by Gasteiger charge is 2.48. The Morgan fingerprint density at radius 2 is 1.30 bits per heavy atom. The SMILES string of the molecule is Cc1cc(OCOC2C3CC4CC(C3)CC2C4)ccc1[SH](c1ccccc1)c1ccccc1. The third kappa shape index (κ3) is 4.34. The standard InChI is InChI=1S/C30H34O2S/c1-21-14-26(31-20-32-30-24-16-22-15-23(18-24)19-25(30)17-22)12-13-29(21)33(27-8-4-2-5-9-27)28-10-6-3-7-11-28/h2-14,22-25,30,33H,15-20H2,1H3. The molecular weight excluding hydrogens is 424 g/mol. The fourth-order valence-corrected chi connectivity index (χ4v) is 9.31. The van der Waals surface area contributed by atoms with Crippen LogP contribution >= 0.6 is 10.9 Å². The van der Waals surface area contributed by atoms with E-state index in [1.54, 1.807) is 0 Å². The molecule has 3 aromatic carbocycles. The van der Waals surface area contributed by atoms with Crippen LogP contribution in [0.4, 0.5) is 0 Å². The summed E-state index contributed by atoms with van der Waals surface area (Å²) in [6, 6.07) is 28.3. The fraction of sp³-hybridized carbons (Fsp3) is 0.400. The summed E-state index contributed by atoms with van der Waals surface area (Å²) < 4.78 is 12.5. The Labute approximate surface area is 200 Å². The van der Waals surface area contributed by atoms with Crippen molar-refractivity contribution < 1.29 is 9.47 Å². The summed E-state index contributed by atoms with van der Waals surface area (Å²) in [4.78, 5) is 4.14. The van der Waals surface area contributed by atoms with Gasteiger partial charge in [0.05, 0.1) is 6.10 Å². The van der Waals surface area contributed by atoms with E-state index < -0.39 is 10.9 Å². The van der Waals surface area contributed by atoms with Crippen molar-refractivity contribution in [3.8, 4) is 5.75 Å². The number of benzene rings is 3. The van der Waals surface area contributed by atoms with Crippen molar-refractivity contribution in [2.45, 2.75) is 59.8 Å². The quantitative estimate of drug-likeness (QED) is 0.289. The Morgan fingerprint density at radius 1 is 0.727 bits per heavy atom. The molecule has 33 heavy (non-hydrogen) atoms. The Hall–Kier alpha value is -2.23. The second kappa shape index (κ2) is 9.19. The van der Waals surface area contributed by atoms with Gasteiger partial charge in [0.25, 0.3) is 0 Å². The van der Waals surface area contributed by atoms with Crippen LogP contribution in [-0.2, 0) is 4.74 Å². The first-order chi connectivity index (χ1) is 16.2. The van der Waals surface area contributed by atoms with E-state index in [1.165, 1.54) is 52.4 Å². The van der Waals surface area contributed by atoms with Crippen molar-refractivity contribution in [2.75, 3.05) is 6.79 Å². The minimum atomic E-state index is -0.596. The first-order valence-corrected chi connectivity index (χ1v) is 13.8. The highest BCUT2D eigenvalue weighted by molar-refractivity contribution is 8.17. The second-order valence-electron chi connectivity index (χ2n) is 10.3. The van der Waals surface area contributed by atoms with E-state index in [1.807, 2.05) is 0 Å². The molecule has 7 rings (SSSR count). The molecule has 4 aliphatic rings. The number of hydrogen-bond acceptors (Lipinski definition) is 2. The summed E-state index contributed by atoms with van der Waals surface area (Å²) in [5, 5.41) is 0. The van der Waals surface area contributed by atoms with Gasteiger partial charge in [0.1, 0.15) is 5.75 Å². The molecule has 0 unspecified atom stereocenters. The molecule has 4 fully saturated rings. The van der Waals surface area contributed by atoms with Crippen molar-refractivity contribution in [1.29, 1.82) is 0 Å². The van der Waals surface area contributed by atoms with Gasteiger partial charge in [-0.2, -0.15) is 10.9 Å². The maximum Gasteiger partial charge on any atom is 0.189 e. The van der Waals surface area contributed by atoms with Crippen LogP contribution in [0.1, 0.15) is 37.7 Å². The average Bonchev–Trinajstić information content (AvgIpc) is 2.83. The van der Waals surface area contributed by atoms with Crippen molar-refractivity contribution in [1.82, 2.24) is 0 Å². The van der Waals surface area contributed by atoms with Gasteiger partial charge in [0, 0.05) is 0 Å². The summed E-state index contributed by atoms with van der Waals surface area (Å²) in [6.07, 6.45) is 7.43. The molecule has 0 atom stereocenters. The van der Waals surface area contributed by atoms with Gasteiger partial charge in [-0.25, -0.2) is 0 Å². The molecule has 0 radical (unpaired) electrons. The van der Waals surface area contributed by atoms with Crippen molar-refractivity contribution in [2.24, 2.45) is 23.7 Å². The van der Waals surface area contributed by atoms with Crippen LogP contribution in [-0.4, -0.2) is 12.9 Å². The fourth-order valence-electron chi connectivity index (χ4n) is 6.88. The summed E-state index contributed by atoms with van der Waals surface area (Å²) >= 11 is 0. The van der Waals surface area contributed by atoms with Crippen LogP contribution in [0.5, 0.6) is 5.75 Å². The highest BCUT2D eigenvalue weighted by Crippen LogP contribution is 2.55. The zero-order chi connectivity index (χ0) is 22.2. The van der Waals surface area contributed by atoms with E-state index in [4.69, 9.17) is 9.47 Å². The molecule has 4 aliphatic carbocycles. The molecule has 0 N–H and O–H groups in total. The van der Waals surface area contributed by atoms with E-state index >= 15 is 0 Å². The highest BCUT2D eigenvalue weighted by atomic mass is 32.2. The summed E-state index contributed by atoms with van der Waals surface area (Å²) in [5.74, 6) is 4.42. The molecule has 0 heterocycles. The lowest BCUT2D eigenvalue weighted by Crippen LogP contribution is -2.49. The van der Waals surface area contributed by atoms with Gasteiger partial charge in [-0.3, -0.25) is 0 Å². The minimum absolute atomic E-state index is 0.373. The zero-order valence-electron chi connectivity index (χ0n) is 19.4. The van der Waals surface area contributed by atoms with Crippen LogP contribution in [0, 0.1) is 30.6 Å². The first-order valence-electron chi connectivity index (χ1n) is 12.5. The molecule has 2 nitrogen and oxygen atoms in total. The van der Waals surface area contributed by atoms with E-state index in [0.29, 0.717) is 12.9 Å². The zero-order valence-corrected chi connectivity index (χ0v) is 20.3. The molecule has 0 amide bonds. The van der Waals surface area contributed by atoms with Gasteiger partial charge in [-0.15, -0.1) is 0 Å². The molecule has 0 saturated heterocycles. The lowest BCUT2D eigenvalue weighted by molar-refractivity contribution is -0.155. The monoisotopic (exact) mass is 458 g/mol. The predicted molar refractivity (Wildman–Crippen MR) is 135 cm³/mol. The maximum atomic E-state index is 6.36. The predicted octanol–water partition coefficient (Wildman–Crippen LogP) is 7.65. The van der Waals surface area contributed by atoms with E-state index in [-0.39, 0.29) is 0 Å². The number of rotatable bonds is 7. The largest absolute Gasteiger partial charge is 0.468 e. The smallest absolute Gasteiger partial charge is 0.189 e. The first kappa shape index (κ1) is 21.3. The van der Waals surface area contributed by atoms with Crippen LogP contribution in [0.2, 0.25) is 0 Å². The molecule has 3 aromatic rings. The van der Waals surface area contributed by atoms with Crippen LogP contribution < -0.4 is 4.74 Å². The van der Waals surface area contributed by atoms with E-state index in [0.717, 1.165) is 29.4 Å². The molecule has 172 valence electrons. The van der Waals surface area contributed by atoms with Crippen molar-refractivity contribution in [3.05, 3.63) is 84.4 Å². The molecule has 0 spiro atoms. The molecule has 0 aromatic heterocycles. The van der Waals surface area contributed by atoms with Crippen LogP contribution in [0.3, 0.4) is 0 Å². The summed E-state index contributed by atoms with van der Waals surface area (Å²) in [6.45, 7) is 2.58. The molecule has 0 aliphatic heterocycles. The summed E-state index contributed by atoms with van der Waals surface area (Å²) in [5.41, 5.74) is 1.28. The number of aryl methyl sites for hydroxylation is 1. The van der Waals surface area contributed by atoms with Crippen molar-refractivity contribution in [3.63, 3.8) is 0 Å². The minimum Gasteiger partial charge on any atom is -0.468 e. The van der Waals surface area contributed by atoms with Gasteiger partial charge in [0.15, 0.2) is 6.79 Å². The van der Waals surface area contributed by atoms with Gasteiger partial charge in [-0.1, -0.05) is 36.4 Å². The number of hydrogen-bond donors (Lipinski definition) is 1. The third-order valence-electron chi connectivity index (χ3n) is 8.06. The van der Waals surface area contributed by atoms with Gasteiger partial charge in [-0.05, 0) is 125 Å². The number of ether oxygens (including phenoxy) is 2. The normalized spacial score (nSPS) is 28.0. The number of thiol groups is 1. The molecule has 4 saturated carbocycles. The van der Waals surface area contributed by atoms with Gasteiger partial charge < -0.3 is 9.47 Å². The van der Waals surface area contributed by atoms with Crippen LogP contribution in [0.15, 0.2) is 93.5 Å². The molecular formula is C30H34O2S. The molecule has 4 bridgehead atoms. The Kier molecular flexibility index (Phi) is 5.94. The molecule has 3 heteroatoms. The lowest BCUT2D eigenvalue weighted by atomic mass is 9.55. The Bertz CT molecular complexity index is 1010. The van der Waals surface area contributed by atoms with E-state index in [9.17, 15) is 0 Å². The Balaban J connectivity index is 1.16. The summed E-state index contributed by atoms with van der Waals surface area (Å²) in [7, 11) is -0.596. The van der Waals surface area contributed by atoms with Crippen molar-refractivity contribution >= 4 is 10.9 Å². The maximum absolute atomic E-state index is 6.36. The lowest BCUT2D eigenvalue weighted by Gasteiger charge is -2.53. The average molecular weight is 459 g/mol. The topological polar surface area (TPSA) is 18.5 Å². The van der Waals surface area contributed by atoms with E-state index in [2.05, 4.69) is 85.8 Å². The van der Waals surface area contributed by atoms with Gasteiger partial charge in [0.2, 0.25) is 0 Å². The third-order valence-corrected chi connectivity index (χ3v) is 10.7. The second-order valence-corrected chi connectivity index (χ2v) is 12.5.